The fourth-order valence-corrected chi connectivity index (χ4v) is 2.85. The maximum Gasteiger partial charge on any atom is 0.306 e. The van der Waals surface area contributed by atoms with Crippen molar-refractivity contribution in [2.45, 2.75) is 19.8 Å². The third-order valence-corrected chi connectivity index (χ3v) is 3.94. The van der Waals surface area contributed by atoms with E-state index in [0.29, 0.717) is 19.4 Å². The Kier molecular flexibility index (Phi) is 5.12. The number of benzene rings is 2. The van der Waals surface area contributed by atoms with Gasteiger partial charge in [0.25, 0.3) is 0 Å². The molecule has 0 saturated carbocycles. The summed E-state index contributed by atoms with van der Waals surface area (Å²) in [5, 5.41) is 0. The molecule has 0 aliphatic rings. The standard InChI is InChI=1S/C21H21NO2/c1-2-24-21(23)16-14-19-13-15-20(17-9-5-3-6-10-17)22(19)18-11-7-4-8-12-18/h3-13,15H,2,14,16H2,1H3. The molecule has 2 aromatic carbocycles. The number of carbonyl (C=O) groups excluding carboxylic acids is 1. The molecular weight excluding hydrogens is 298 g/mol. The zero-order valence-electron chi connectivity index (χ0n) is 13.8. The molecular formula is C21H21NO2. The predicted octanol–water partition coefficient (Wildman–Crippen LogP) is 4.64. The summed E-state index contributed by atoms with van der Waals surface area (Å²) < 4.78 is 7.27. The fraction of sp³-hybridized carbons (Fsp3) is 0.190. The first-order valence-corrected chi connectivity index (χ1v) is 8.26. The van der Waals surface area contributed by atoms with Crippen molar-refractivity contribution < 1.29 is 9.53 Å². The van der Waals surface area contributed by atoms with Gasteiger partial charge in [0.1, 0.15) is 0 Å². The Morgan fingerprint density at radius 3 is 2.25 bits per heavy atom. The zero-order chi connectivity index (χ0) is 16.8. The van der Waals surface area contributed by atoms with Crippen LogP contribution in [0.15, 0.2) is 72.8 Å². The highest BCUT2D eigenvalue weighted by Gasteiger charge is 2.13. The molecule has 3 nitrogen and oxygen atoms in total. The Balaban J connectivity index is 1.98. The van der Waals surface area contributed by atoms with E-state index in [2.05, 4.69) is 41.0 Å². The quantitative estimate of drug-likeness (QED) is 0.620. The fourth-order valence-electron chi connectivity index (χ4n) is 2.85. The number of aromatic nitrogens is 1. The summed E-state index contributed by atoms with van der Waals surface area (Å²) in [4.78, 5) is 11.7. The number of esters is 1. The molecule has 24 heavy (non-hydrogen) atoms. The van der Waals surface area contributed by atoms with Gasteiger partial charge in [-0.3, -0.25) is 4.79 Å². The maximum atomic E-state index is 11.7. The minimum absolute atomic E-state index is 0.153. The average Bonchev–Trinajstić information content (AvgIpc) is 3.06. The summed E-state index contributed by atoms with van der Waals surface area (Å²) in [6.45, 7) is 2.26. The molecule has 0 aliphatic heterocycles. The van der Waals surface area contributed by atoms with Crippen molar-refractivity contribution >= 4 is 5.97 Å². The highest BCUT2D eigenvalue weighted by molar-refractivity contribution is 5.70. The van der Waals surface area contributed by atoms with Crippen LogP contribution in [-0.2, 0) is 16.0 Å². The second-order valence-electron chi connectivity index (χ2n) is 5.55. The van der Waals surface area contributed by atoms with Crippen LogP contribution in [0.4, 0.5) is 0 Å². The molecule has 0 saturated heterocycles. The number of hydrogen-bond donors (Lipinski definition) is 0. The molecule has 0 N–H and O–H groups in total. The molecule has 1 heterocycles. The van der Waals surface area contributed by atoms with Crippen LogP contribution >= 0.6 is 0 Å². The third-order valence-electron chi connectivity index (χ3n) is 3.94. The minimum atomic E-state index is -0.153. The first-order chi connectivity index (χ1) is 11.8. The molecule has 3 aromatic rings. The molecule has 0 bridgehead atoms. The summed E-state index contributed by atoms with van der Waals surface area (Å²) in [7, 11) is 0. The zero-order valence-corrected chi connectivity index (χ0v) is 13.8. The minimum Gasteiger partial charge on any atom is -0.466 e. The summed E-state index contributed by atoms with van der Waals surface area (Å²) in [6.07, 6.45) is 1.04. The molecule has 3 rings (SSSR count). The van der Waals surface area contributed by atoms with Gasteiger partial charge in [-0.15, -0.1) is 0 Å². The van der Waals surface area contributed by atoms with Crippen molar-refractivity contribution in [1.82, 2.24) is 4.57 Å². The van der Waals surface area contributed by atoms with Crippen molar-refractivity contribution in [2.75, 3.05) is 6.61 Å². The van der Waals surface area contributed by atoms with Gasteiger partial charge in [0.05, 0.1) is 18.7 Å². The second kappa shape index (κ2) is 7.64. The number of hydrogen-bond acceptors (Lipinski definition) is 2. The highest BCUT2D eigenvalue weighted by Crippen LogP contribution is 2.27. The van der Waals surface area contributed by atoms with Gasteiger partial charge >= 0.3 is 5.97 Å². The van der Waals surface area contributed by atoms with Gasteiger partial charge < -0.3 is 9.30 Å². The number of carbonyl (C=O) groups is 1. The van der Waals surface area contributed by atoms with Crippen molar-refractivity contribution in [1.29, 1.82) is 0 Å². The number of ether oxygens (including phenoxy) is 1. The van der Waals surface area contributed by atoms with E-state index in [1.807, 2.05) is 43.3 Å². The summed E-state index contributed by atoms with van der Waals surface area (Å²) >= 11 is 0. The SMILES string of the molecule is CCOC(=O)CCc1ccc(-c2ccccc2)n1-c1ccccc1. The summed E-state index contributed by atoms with van der Waals surface area (Å²) in [6, 6.07) is 24.7. The third kappa shape index (κ3) is 3.57. The number of aryl methyl sites for hydroxylation is 1. The van der Waals surface area contributed by atoms with Gasteiger partial charge in [-0.1, -0.05) is 48.5 Å². The Hall–Kier alpha value is -2.81. The topological polar surface area (TPSA) is 31.2 Å². The van der Waals surface area contributed by atoms with E-state index in [0.717, 1.165) is 22.6 Å². The van der Waals surface area contributed by atoms with Crippen molar-refractivity contribution in [3.05, 3.63) is 78.5 Å². The van der Waals surface area contributed by atoms with Crippen LogP contribution in [0, 0.1) is 0 Å². The molecule has 0 spiro atoms. The second-order valence-corrected chi connectivity index (χ2v) is 5.55. The molecule has 3 heteroatoms. The van der Waals surface area contributed by atoms with Crippen molar-refractivity contribution in [2.24, 2.45) is 0 Å². The lowest BCUT2D eigenvalue weighted by Gasteiger charge is -2.14. The summed E-state index contributed by atoms with van der Waals surface area (Å²) in [5.41, 5.74) is 4.48. The van der Waals surface area contributed by atoms with Gasteiger partial charge in [0.15, 0.2) is 0 Å². The Labute approximate surface area is 142 Å². The van der Waals surface area contributed by atoms with Gasteiger partial charge in [0, 0.05) is 11.4 Å². The van der Waals surface area contributed by atoms with Crippen LogP contribution in [0.5, 0.6) is 0 Å². The molecule has 0 radical (unpaired) electrons. The van der Waals surface area contributed by atoms with Crippen LogP contribution in [0.1, 0.15) is 19.0 Å². The smallest absolute Gasteiger partial charge is 0.306 e. The molecule has 0 fully saturated rings. The van der Waals surface area contributed by atoms with Crippen molar-refractivity contribution in [3.63, 3.8) is 0 Å². The largest absolute Gasteiger partial charge is 0.466 e. The van der Waals surface area contributed by atoms with E-state index >= 15 is 0 Å². The van der Waals surface area contributed by atoms with Gasteiger partial charge in [-0.25, -0.2) is 0 Å². The molecule has 0 atom stereocenters. The summed E-state index contributed by atoms with van der Waals surface area (Å²) in [5.74, 6) is -0.153. The predicted molar refractivity (Wildman–Crippen MR) is 96.2 cm³/mol. The monoisotopic (exact) mass is 319 g/mol. The normalized spacial score (nSPS) is 10.5. The number of nitrogens with zero attached hydrogens (tertiary/aromatic N) is 1. The molecule has 0 unspecified atom stereocenters. The van der Waals surface area contributed by atoms with E-state index in [1.165, 1.54) is 0 Å². The van der Waals surface area contributed by atoms with Crippen LogP contribution < -0.4 is 0 Å². The lowest BCUT2D eigenvalue weighted by atomic mass is 10.1. The number of para-hydroxylation sites is 1. The van der Waals surface area contributed by atoms with Gasteiger partial charge in [0.2, 0.25) is 0 Å². The average molecular weight is 319 g/mol. The highest BCUT2D eigenvalue weighted by atomic mass is 16.5. The van der Waals surface area contributed by atoms with E-state index < -0.39 is 0 Å². The Morgan fingerprint density at radius 2 is 1.58 bits per heavy atom. The van der Waals surface area contributed by atoms with Crippen molar-refractivity contribution in [3.8, 4) is 16.9 Å². The van der Waals surface area contributed by atoms with Crippen LogP contribution in [0.3, 0.4) is 0 Å². The van der Waals surface area contributed by atoms with E-state index in [1.54, 1.807) is 0 Å². The maximum absolute atomic E-state index is 11.7. The van der Waals surface area contributed by atoms with E-state index in [9.17, 15) is 4.79 Å². The first kappa shape index (κ1) is 16.1. The van der Waals surface area contributed by atoms with Gasteiger partial charge in [-0.2, -0.15) is 0 Å². The Bertz CT molecular complexity index is 791. The first-order valence-electron chi connectivity index (χ1n) is 8.26. The van der Waals surface area contributed by atoms with E-state index in [4.69, 9.17) is 4.74 Å². The van der Waals surface area contributed by atoms with E-state index in [-0.39, 0.29) is 5.97 Å². The molecule has 0 amide bonds. The molecule has 1 aromatic heterocycles. The van der Waals surface area contributed by atoms with Crippen LogP contribution in [0.2, 0.25) is 0 Å². The number of rotatable bonds is 6. The molecule has 0 aliphatic carbocycles. The lowest BCUT2D eigenvalue weighted by molar-refractivity contribution is -0.143. The van der Waals surface area contributed by atoms with Crippen LogP contribution in [-0.4, -0.2) is 17.1 Å². The lowest BCUT2D eigenvalue weighted by Crippen LogP contribution is -2.08. The van der Waals surface area contributed by atoms with Crippen LogP contribution in [0.25, 0.3) is 16.9 Å². The Morgan fingerprint density at radius 1 is 0.917 bits per heavy atom. The van der Waals surface area contributed by atoms with Gasteiger partial charge in [-0.05, 0) is 43.2 Å². The molecule has 122 valence electrons.